The van der Waals surface area contributed by atoms with E-state index in [2.05, 4.69) is 0 Å². The van der Waals surface area contributed by atoms with Gasteiger partial charge >= 0.3 is 0 Å². The summed E-state index contributed by atoms with van der Waals surface area (Å²) in [6, 6.07) is 9.62. The smallest absolute Gasteiger partial charge is 0.291 e. The van der Waals surface area contributed by atoms with Crippen LogP contribution in [0.25, 0.3) is 0 Å². The molecule has 3 nitrogen and oxygen atoms in total. The van der Waals surface area contributed by atoms with Crippen LogP contribution in [-0.2, 0) is 9.94 Å². The summed E-state index contributed by atoms with van der Waals surface area (Å²) in [5.41, 5.74) is 6.15. The molecule has 0 fully saturated rings. The minimum Gasteiger partial charge on any atom is -0.391 e. The van der Waals surface area contributed by atoms with Gasteiger partial charge in [0.05, 0.1) is 17.8 Å². The van der Waals surface area contributed by atoms with Gasteiger partial charge in [0.2, 0.25) is 0 Å². The van der Waals surface area contributed by atoms with E-state index in [-0.39, 0.29) is 6.02 Å². The molecule has 4 heteroatoms. The van der Waals surface area contributed by atoms with Gasteiger partial charge in [0, 0.05) is 0 Å². The first-order valence-electron chi connectivity index (χ1n) is 3.46. The standard InChI is InChI=1S/C8H10N2OS/c9-8(10)11-12-6-7-4-2-1-3-5-7/h1-5H,6H2,(H3,9,10). The van der Waals surface area contributed by atoms with Gasteiger partial charge in [-0.15, -0.1) is 0 Å². The lowest BCUT2D eigenvalue weighted by atomic mass is 10.2. The summed E-state index contributed by atoms with van der Waals surface area (Å²) < 4.78 is 4.72. The molecule has 0 saturated heterocycles. The zero-order chi connectivity index (χ0) is 8.81. The lowest BCUT2D eigenvalue weighted by Crippen LogP contribution is -2.09. The highest BCUT2D eigenvalue weighted by molar-refractivity contribution is 7.94. The van der Waals surface area contributed by atoms with Crippen LogP contribution < -0.4 is 5.73 Å². The average molecular weight is 182 g/mol. The lowest BCUT2D eigenvalue weighted by Gasteiger charge is -2.00. The molecule has 0 saturated carbocycles. The fourth-order valence-electron chi connectivity index (χ4n) is 0.735. The van der Waals surface area contributed by atoms with Crippen LogP contribution >= 0.6 is 12.0 Å². The minimum absolute atomic E-state index is 0.254. The Morgan fingerprint density at radius 2 is 2.08 bits per heavy atom. The third kappa shape index (κ3) is 3.30. The van der Waals surface area contributed by atoms with Crippen LogP contribution in [-0.4, -0.2) is 6.02 Å². The molecule has 0 aliphatic rings. The van der Waals surface area contributed by atoms with E-state index in [0.717, 1.165) is 17.6 Å². The Labute approximate surface area is 75.6 Å². The minimum atomic E-state index is -0.254. The average Bonchev–Trinajstić information content (AvgIpc) is 2.05. The van der Waals surface area contributed by atoms with Gasteiger partial charge in [0.1, 0.15) is 0 Å². The first-order valence-corrected chi connectivity index (χ1v) is 4.37. The maximum absolute atomic E-state index is 6.79. The molecule has 0 bridgehead atoms. The normalized spacial score (nSPS) is 9.33. The van der Waals surface area contributed by atoms with Gasteiger partial charge in [-0.25, -0.2) is 0 Å². The molecule has 0 atom stereocenters. The highest BCUT2D eigenvalue weighted by Gasteiger charge is 1.93. The van der Waals surface area contributed by atoms with Crippen LogP contribution in [0.2, 0.25) is 0 Å². The predicted octanol–water partition coefficient (Wildman–Crippen LogP) is 1.74. The summed E-state index contributed by atoms with van der Waals surface area (Å²) in [5, 5.41) is 6.79. The molecule has 0 aliphatic heterocycles. The van der Waals surface area contributed by atoms with Gasteiger partial charge in [-0.2, -0.15) is 0 Å². The van der Waals surface area contributed by atoms with E-state index in [9.17, 15) is 0 Å². The highest BCUT2D eigenvalue weighted by Crippen LogP contribution is 2.11. The fraction of sp³-hybridized carbons (Fsp3) is 0.125. The largest absolute Gasteiger partial charge is 0.391 e. The van der Waals surface area contributed by atoms with Crippen LogP contribution in [0.1, 0.15) is 5.56 Å². The third-order valence-corrected chi connectivity index (χ3v) is 1.97. The van der Waals surface area contributed by atoms with Gasteiger partial charge in [-0.1, -0.05) is 30.3 Å². The number of rotatable bonds is 3. The highest BCUT2D eigenvalue weighted by atomic mass is 32.2. The van der Waals surface area contributed by atoms with Crippen LogP contribution in [0.15, 0.2) is 30.3 Å². The summed E-state index contributed by atoms with van der Waals surface area (Å²) in [6.07, 6.45) is 0. The zero-order valence-corrected chi connectivity index (χ0v) is 7.30. The van der Waals surface area contributed by atoms with E-state index >= 15 is 0 Å². The molecular weight excluding hydrogens is 172 g/mol. The number of amidine groups is 1. The second-order valence-corrected chi connectivity index (χ2v) is 2.89. The number of nitrogens with one attached hydrogen (secondary N) is 1. The predicted molar refractivity (Wildman–Crippen MR) is 50.7 cm³/mol. The second-order valence-electron chi connectivity index (χ2n) is 2.20. The van der Waals surface area contributed by atoms with Gasteiger partial charge < -0.3 is 9.92 Å². The van der Waals surface area contributed by atoms with E-state index in [1.54, 1.807) is 0 Å². The van der Waals surface area contributed by atoms with Crippen molar-refractivity contribution in [3.63, 3.8) is 0 Å². The molecule has 0 radical (unpaired) electrons. The summed E-state index contributed by atoms with van der Waals surface area (Å²) in [4.78, 5) is 0. The summed E-state index contributed by atoms with van der Waals surface area (Å²) in [6.45, 7) is 0. The molecule has 0 heterocycles. The molecule has 0 unspecified atom stereocenters. The third-order valence-electron chi connectivity index (χ3n) is 1.22. The van der Waals surface area contributed by atoms with E-state index in [0.29, 0.717) is 5.75 Å². The molecule has 1 rings (SSSR count). The maximum Gasteiger partial charge on any atom is 0.291 e. The summed E-state index contributed by atoms with van der Waals surface area (Å²) >= 11 is 1.16. The zero-order valence-electron chi connectivity index (χ0n) is 6.49. The molecule has 64 valence electrons. The summed E-state index contributed by atoms with van der Waals surface area (Å²) in [5.74, 6) is 0.709. The van der Waals surface area contributed by atoms with Crippen molar-refractivity contribution < 1.29 is 4.18 Å². The van der Waals surface area contributed by atoms with Crippen LogP contribution in [0, 0.1) is 5.41 Å². The lowest BCUT2D eigenvalue weighted by molar-refractivity contribution is 0.626. The molecule has 1 aromatic rings. The van der Waals surface area contributed by atoms with E-state index in [1.807, 2.05) is 30.3 Å². The van der Waals surface area contributed by atoms with Gasteiger partial charge in [-0.3, -0.25) is 5.41 Å². The topological polar surface area (TPSA) is 59.1 Å². The quantitative estimate of drug-likeness (QED) is 0.425. The molecular formula is C8H10N2OS. The van der Waals surface area contributed by atoms with Gasteiger partial charge in [0.25, 0.3) is 6.02 Å². The number of hydrogen-bond donors (Lipinski definition) is 2. The Morgan fingerprint density at radius 1 is 1.42 bits per heavy atom. The molecule has 3 N–H and O–H groups in total. The number of hydrogen-bond acceptors (Lipinski definition) is 3. The molecule has 12 heavy (non-hydrogen) atoms. The van der Waals surface area contributed by atoms with Crippen LogP contribution in [0.3, 0.4) is 0 Å². The first kappa shape index (κ1) is 8.93. The molecule has 1 aromatic carbocycles. The maximum atomic E-state index is 6.79. The number of nitrogens with two attached hydrogens (primary N) is 1. The van der Waals surface area contributed by atoms with Crippen LogP contribution in [0.5, 0.6) is 0 Å². The van der Waals surface area contributed by atoms with Crippen molar-refractivity contribution in [1.29, 1.82) is 5.41 Å². The van der Waals surface area contributed by atoms with Crippen molar-refractivity contribution in [3.05, 3.63) is 35.9 Å². The Bertz CT molecular complexity index is 250. The fourth-order valence-corrected chi connectivity index (χ4v) is 1.25. The molecule has 0 aromatic heterocycles. The van der Waals surface area contributed by atoms with E-state index in [4.69, 9.17) is 15.3 Å². The first-order chi connectivity index (χ1) is 5.79. The monoisotopic (exact) mass is 182 g/mol. The Morgan fingerprint density at radius 3 is 2.67 bits per heavy atom. The second kappa shape index (κ2) is 4.66. The van der Waals surface area contributed by atoms with Crippen molar-refractivity contribution in [2.45, 2.75) is 5.75 Å². The van der Waals surface area contributed by atoms with Crippen molar-refractivity contribution in [2.75, 3.05) is 0 Å². The van der Waals surface area contributed by atoms with Crippen molar-refractivity contribution in [1.82, 2.24) is 0 Å². The summed E-state index contributed by atoms with van der Waals surface area (Å²) in [7, 11) is 0. The SMILES string of the molecule is N=C(N)OSCc1ccccc1. The van der Waals surface area contributed by atoms with Crippen LogP contribution in [0.4, 0.5) is 0 Å². The molecule has 0 spiro atoms. The van der Waals surface area contributed by atoms with Crippen molar-refractivity contribution in [3.8, 4) is 0 Å². The molecule has 0 aliphatic carbocycles. The Balaban J connectivity index is 2.29. The Kier molecular flexibility index (Phi) is 3.47. The van der Waals surface area contributed by atoms with Gasteiger partial charge in [0.15, 0.2) is 0 Å². The van der Waals surface area contributed by atoms with Gasteiger partial charge in [-0.05, 0) is 5.56 Å². The molecule has 0 amide bonds. The Hall–Kier alpha value is -1.16. The van der Waals surface area contributed by atoms with E-state index < -0.39 is 0 Å². The van der Waals surface area contributed by atoms with E-state index in [1.165, 1.54) is 0 Å². The van der Waals surface area contributed by atoms with Crippen molar-refractivity contribution >= 4 is 18.1 Å². The van der Waals surface area contributed by atoms with Crippen molar-refractivity contribution in [2.24, 2.45) is 5.73 Å². The number of benzene rings is 1.